The van der Waals surface area contributed by atoms with E-state index in [0.29, 0.717) is 12.1 Å². The normalized spacial score (nSPS) is 15.7. The van der Waals surface area contributed by atoms with Crippen LogP contribution in [0.25, 0.3) is 6.08 Å². The molecule has 0 aliphatic carbocycles. The number of carbonyl (C=O) groups excluding carboxylic acids is 3. The smallest absolute Gasteiger partial charge is 0.323 e. The van der Waals surface area contributed by atoms with Crippen LogP contribution in [0.5, 0.6) is 0 Å². The maximum atomic E-state index is 13.5. The fourth-order valence-electron chi connectivity index (χ4n) is 3.78. The number of carboxylic acids is 1. The fraction of sp³-hybridized carbons (Fsp3) is 0.308. The Bertz CT molecular complexity index is 1290. The van der Waals surface area contributed by atoms with Crippen LogP contribution in [-0.4, -0.2) is 72.1 Å². The number of nitrogens with one attached hydrogen (secondary N) is 2. The topological polar surface area (TPSA) is 153 Å². The Kier molecular flexibility index (Phi) is 9.74. The Morgan fingerprint density at radius 2 is 1.82 bits per heavy atom. The zero-order valence-electron chi connectivity index (χ0n) is 20.9. The van der Waals surface area contributed by atoms with Gasteiger partial charge in [-0.2, -0.15) is 12.7 Å². The standard InChI is InChI=1S/C26H30N4O7S/c1-2-3-15-27-25(34)22(14-11-19-7-5-4-6-8-19)30(18-24(32)33)26(35)21-12-9-20(10-13-21)16-29-17-23(31)28-38(29,36)37/h4-14,22H,2-3,15-18H2,1H3,(H,27,34)(H,28,31)(H,32,33). The van der Waals surface area contributed by atoms with Gasteiger partial charge in [0.05, 0.1) is 6.54 Å². The molecule has 0 spiro atoms. The fourth-order valence-corrected chi connectivity index (χ4v) is 4.87. The molecule has 11 nitrogen and oxygen atoms in total. The highest BCUT2D eigenvalue weighted by Crippen LogP contribution is 2.16. The summed E-state index contributed by atoms with van der Waals surface area (Å²) in [6.07, 6.45) is 4.72. The van der Waals surface area contributed by atoms with Gasteiger partial charge in [-0.25, -0.2) is 4.72 Å². The van der Waals surface area contributed by atoms with Gasteiger partial charge in [0.2, 0.25) is 11.8 Å². The van der Waals surface area contributed by atoms with E-state index in [4.69, 9.17) is 0 Å². The zero-order chi connectivity index (χ0) is 27.7. The van der Waals surface area contributed by atoms with Gasteiger partial charge in [-0.3, -0.25) is 19.2 Å². The summed E-state index contributed by atoms with van der Waals surface area (Å²) in [5.41, 5.74) is 1.41. The lowest BCUT2D eigenvalue weighted by Gasteiger charge is -2.28. The molecule has 1 atom stereocenters. The first-order valence-corrected chi connectivity index (χ1v) is 13.5. The molecule has 1 heterocycles. The summed E-state index contributed by atoms with van der Waals surface area (Å²) in [6.45, 7) is 1.24. The van der Waals surface area contributed by atoms with Crippen molar-refractivity contribution < 1.29 is 32.7 Å². The van der Waals surface area contributed by atoms with Gasteiger partial charge in [0, 0.05) is 18.7 Å². The van der Waals surface area contributed by atoms with Crippen LogP contribution < -0.4 is 10.0 Å². The Balaban J connectivity index is 1.86. The second-order valence-corrected chi connectivity index (χ2v) is 10.4. The molecule has 1 unspecified atom stereocenters. The molecule has 202 valence electrons. The van der Waals surface area contributed by atoms with Crippen molar-refractivity contribution >= 4 is 40.0 Å². The molecule has 2 aromatic rings. The molecule has 3 amide bonds. The van der Waals surface area contributed by atoms with Crippen LogP contribution in [0.3, 0.4) is 0 Å². The third kappa shape index (κ3) is 7.73. The summed E-state index contributed by atoms with van der Waals surface area (Å²) >= 11 is 0. The van der Waals surface area contributed by atoms with Crippen molar-refractivity contribution in [1.82, 2.24) is 19.2 Å². The summed E-state index contributed by atoms with van der Waals surface area (Å²) in [6, 6.07) is 13.8. The molecule has 12 heteroatoms. The molecule has 38 heavy (non-hydrogen) atoms. The number of amides is 3. The van der Waals surface area contributed by atoms with Crippen LogP contribution in [0.4, 0.5) is 0 Å². The van der Waals surface area contributed by atoms with E-state index < -0.39 is 46.5 Å². The minimum atomic E-state index is -3.91. The lowest BCUT2D eigenvalue weighted by Crippen LogP contribution is -2.50. The Labute approximate surface area is 221 Å². The molecule has 0 radical (unpaired) electrons. The van der Waals surface area contributed by atoms with Crippen LogP contribution in [0.1, 0.15) is 41.3 Å². The van der Waals surface area contributed by atoms with Gasteiger partial charge in [0.25, 0.3) is 5.91 Å². The van der Waals surface area contributed by atoms with Crippen molar-refractivity contribution in [3.63, 3.8) is 0 Å². The maximum absolute atomic E-state index is 13.5. The van der Waals surface area contributed by atoms with Crippen LogP contribution in [0, 0.1) is 0 Å². The molecule has 1 aliphatic rings. The molecule has 1 fully saturated rings. The second kappa shape index (κ2) is 13.0. The minimum Gasteiger partial charge on any atom is -0.480 e. The first kappa shape index (κ1) is 28.5. The number of aliphatic carboxylic acids is 1. The van der Waals surface area contributed by atoms with Gasteiger partial charge in [0.1, 0.15) is 12.6 Å². The zero-order valence-corrected chi connectivity index (χ0v) is 21.7. The number of hydrogen-bond donors (Lipinski definition) is 3. The monoisotopic (exact) mass is 542 g/mol. The first-order chi connectivity index (χ1) is 18.1. The van der Waals surface area contributed by atoms with Crippen molar-refractivity contribution in [1.29, 1.82) is 0 Å². The second-order valence-electron chi connectivity index (χ2n) is 8.68. The summed E-state index contributed by atoms with van der Waals surface area (Å²) < 4.78 is 26.8. The number of unbranched alkanes of at least 4 members (excludes halogenated alkanes) is 1. The van der Waals surface area contributed by atoms with Gasteiger partial charge in [-0.15, -0.1) is 0 Å². The maximum Gasteiger partial charge on any atom is 0.323 e. The molecule has 3 rings (SSSR count). The quantitative estimate of drug-likeness (QED) is 0.343. The summed E-state index contributed by atoms with van der Waals surface area (Å²) in [4.78, 5) is 50.7. The molecule has 0 bridgehead atoms. The predicted octanol–water partition coefficient (Wildman–Crippen LogP) is 1.39. The largest absolute Gasteiger partial charge is 0.480 e. The van der Waals surface area contributed by atoms with Gasteiger partial charge < -0.3 is 15.3 Å². The van der Waals surface area contributed by atoms with E-state index in [-0.39, 0.29) is 18.7 Å². The molecule has 1 saturated heterocycles. The lowest BCUT2D eigenvalue weighted by molar-refractivity contribution is -0.138. The van der Waals surface area contributed by atoms with E-state index in [0.717, 1.165) is 27.6 Å². The Hall–Kier alpha value is -4.03. The molecule has 2 aromatic carbocycles. The number of carbonyl (C=O) groups is 4. The van der Waals surface area contributed by atoms with Crippen LogP contribution in [0.2, 0.25) is 0 Å². The van der Waals surface area contributed by atoms with E-state index >= 15 is 0 Å². The van der Waals surface area contributed by atoms with Gasteiger partial charge in [-0.1, -0.05) is 68.0 Å². The summed E-state index contributed by atoms with van der Waals surface area (Å²) in [5.74, 6) is -3.11. The van der Waals surface area contributed by atoms with Gasteiger partial charge in [-0.05, 0) is 29.7 Å². The van der Waals surface area contributed by atoms with E-state index in [2.05, 4.69) is 5.32 Å². The van der Waals surface area contributed by atoms with E-state index in [9.17, 15) is 32.7 Å². The number of carboxylic acid groups (broad SMARTS) is 1. The van der Waals surface area contributed by atoms with Crippen molar-refractivity contribution in [2.24, 2.45) is 0 Å². The highest BCUT2D eigenvalue weighted by molar-refractivity contribution is 7.88. The number of rotatable bonds is 12. The number of benzene rings is 2. The molecule has 0 saturated carbocycles. The highest BCUT2D eigenvalue weighted by Gasteiger charge is 2.34. The molecular weight excluding hydrogens is 512 g/mol. The summed E-state index contributed by atoms with van der Waals surface area (Å²) in [7, 11) is -3.91. The van der Waals surface area contributed by atoms with E-state index in [1.165, 1.54) is 30.3 Å². The van der Waals surface area contributed by atoms with Crippen LogP contribution in [-0.2, 0) is 31.1 Å². The molecule has 3 N–H and O–H groups in total. The van der Waals surface area contributed by atoms with Crippen LogP contribution in [0.15, 0.2) is 60.7 Å². The van der Waals surface area contributed by atoms with E-state index in [1.807, 2.05) is 42.0 Å². The first-order valence-electron chi connectivity index (χ1n) is 12.0. The minimum absolute atomic E-state index is 0.0866. The van der Waals surface area contributed by atoms with Crippen molar-refractivity contribution in [2.45, 2.75) is 32.4 Å². The van der Waals surface area contributed by atoms with Crippen molar-refractivity contribution in [3.8, 4) is 0 Å². The molecule has 1 aliphatic heterocycles. The van der Waals surface area contributed by atoms with Gasteiger partial charge in [0.15, 0.2) is 0 Å². The Morgan fingerprint density at radius 1 is 1.13 bits per heavy atom. The van der Waals surface area contributed by atoms with Crippen molar-refractivity contribution in [3.05, 3.63) is 77.4 Å². The third-order valence-electron chi connectivity index (χ3n) is 5.73. The highest BCUT2D eigenvalue weighted by atomic mass is 32.2. The average molecular weight is 543 g/mol. The SMILES string of the molecule is CCCCNC(=O)C(C=Cc1ccccc1)N(CC(=O)O)C(=O)c1ccc(CN2CC(=O)NS2(=O)=O)cc1. The van der Waals surface area contributed by atoms with Gasteiger partial charge >= 0.3 is 16.2 Å². The molecular formula is C26H30N4O7S. The lowest BCUT2D eigenvalue weighted by atomic mass is 10.1. The van der Waals surface area contributed by atoms with Crippen LogP contribution >= 0.6 is 0 Å². The molecule has 0 aromatic heterocycles. The predicted molar refractivity (Wildman–Crippen MR) is 140 cm³/mol. The Morgan fingerprint density at radius 3 is 2.39 bits per heavy atom. The third-order valence-corrected chi connectivity index (χ3v) is 7.16. The van der Waals surface area contributed by atoms with E-state index in [1.54, 1.807) is 6.08 Å². The summed E-state index contributed by atoms with van der Waals surface area (Å²) in [5, 5.41) is 12.3. The number of hydrogen-bond acceptors (Lipinski definition) is 6. The average Bonchev–Trinajstić information content (AvgIpc) is 3.14. The number of nitrogens with zero attached hydrogens (tertiary/aromatic N) is 2. The van der Waals surface area contributed by atoms with Crippen molar-refractivity contribution in [2.75, 3.05) is 19.6 Å².